The van der Waals surface area contributed by atoms with Gasteiger partial charge in [-0.2, -0.15) is 0 Å². The highest BCUT2D eigenvalue weighted by Crippen LogP contribution is 2.47. The lowest BCUT2D eigenvalue weighted by atomic mass is 9.89. The fourth-order valence-electron chi connectivity index (χ4n) is 4.08. The SMILES string of the molecule is C[S+]1C(c2ccccc2)=C(c2ccccc2)c2ccccc2-c2ccccc21.F[B-](F)(F)F. The molecule has 4 aromatic rings. The van der Waals surface area contributed by atoms with Gasteiger partial charge < -0.3 is 17.3 Å². The zero-order valence-electron chi connectivity index (χ0n) is 17.9. The predicted molar refractivity (Wildman–Crippen MR) is 132 cm³/mol. The van der Waals surface area contributed by atoms with E-state index in [0.717, 1.165) is 0 Å². The van der Waals surface area contributed by atoms with E-state index in [9.17, 15) is 17.3 Å². The minimum absolute atomic E-state index is 0.0485. The van der Waals surface area contributed by atoms with Gasteiger partial charge in [0.05, 0.1) is 10.9 Å². The first-order valence-electron chi connectivity index (χ1n) is 10.4. The summed E-state index contributed by atoms with van der Waals surface area (Å²) in [5.41, 5.74) is 7.92. The number of rotatable bonds is 2. The van der Waals surface area contributed by atoms with Crippen LogP contribution in [0.25, 0.3) is 21.6 Å². The van der Waals surface area contributed by atoms with Crippen LogP contribution in [0.1, 0.15) is 16.7 Å². The molecule has 0 saturated heterocycles. The minimum Gasteiger partial charge on any atom is -0.418 e. The molecule has 0 bridgehead atoms. The van der Waals surface area contributed by atoms with Crippen molar-refractivity contribution >= 4 is 28.6 Å². The van der Waals surface area contributed by atoms with Crippen molar-refractivity contribution in [2.45, 2.75) is 4.90 Å². The third-order valence-electron chi connectivity index (χ3n) is 5.34. The average molecular weight is 464 g/mol. The topological polar surface area (TPSA) is 0 Å². The summed E-state index contributed by atoms with van der Waals surface area (Å²) < 4.78 is 39.0. The van der Waals surface area contributed by atoms with E-state index in [1.54, 1.807) is 0 Å². The van der Waals surface area contributed by atoms with Crippen LogP contribution in [-0.4, -0.2) is 13.5 Å². The van der Waals surface area contributed by atoms with Crippen LogP contribution in [-0.2, 0) is 10.9 Å². The molecule has 4 aromatic carbocycles. The zero-order chi connectivity index (χ0) is 23.4. The summed E-state index contributed by atoms with van der Waals surface area (Å²) >= 11 is 0. The lowest BCUT2D eigenvalue weighted by Gasteiger charge is -2.14. The van der Waals surface area contributed by atoms with Crippen LogP contribution in [0.3, 0.4) is 0 Å². The van der Waals surface area contributed by atoms with Gasteiger partial charge in [-0.25, -0.2) is 0 Å². The molecule has 1 aliphatic rings. The molecule has 0 fully saturated rings. The van der Waals surface area contributed by atoms with Crippen molar-refractivity contribution in [1.29, 1.82) is 0 Å². The van der Waals surface area contributed by atoms with Crippen LogP contribution in [0, 0.1) is 0 Å². The van der Waals surface area contributed by atoms with Gasteiger partial charge in [-0.05, 0) is 41.0 Å². The molecule has 5 rings (SSSR count). The van der Waals surface area contributed by atoms with E-state index in [-0.39, 0.29) is 10.9 Å². The van der Waals surface area contributed by atoms with Gasteiger partial charge >= 0.3 is 7.25 Å². The summed E-state index contributed by atoms with van der Waals surface area (Å²) in [4.78, 5) is 2.84. The van der Waals surface area contributed by atoms with Crippen molar-refractivity contribution < 1.29 is 17.3 Å². The van der Waals surface area contributed by atoms with Crippen molar-refractivity contribution in [3.05, 3.63) is 126 Å². The molecule has 0 aliphatic carbocycles. The molecule has 0 amide bonds. The molecule has 1 heterocycles. The van der Waals surface area contributed by atoms with Crippen molar-refractivity contribution in [2.24, 2.45) is 0 Å². The third kappa shape index (κ3) is 5.23. The van der Waals surface area contributed by atoms with Crippen molar-refractivity contribution in [2.75, 3.05) is 6.26 Å². The fraction of sp³-hybridized carbons (Fsp3) is 0.0370. The molecular weight excluding hydrogens is 443 g/mol. The predicted octanol–water partition coefficient (Wildman–Crippen LogP) is 8.19. The highest BCUT2D eigenvalue weighted by atomic mass is 32.2. The molecule has 0 spiro atoms. The standard InChI is InChI=1S/C27H21S.BF4/c1-28-25-19-11-10-17-23(25)22-16-8-9-18-24(22)26(20-12-4-2-5-13-20)27(28)21-14-6-3-7-15-21;2-1(3,4)5/h2-19H,1H3;/q+1;-1. The largest absolute Gasteiger partial charge is 0.673 e. The van der Waals surface area contributed by atoms with Crippen molar-refractivity contribution in [1.82, 2.24) is 0 Å². The number of halogens is 4. The first-order valence-corrected chi connectivity index (χ1v) is 12.0. The molecule has 33 heavy (non-hydrogen) atoms. The average Bonchev–Trinajstić information content (AvgIpc) is 2.92. The van der Waals surface area contributed by atoms with Crippen molar-refractivity contribution in [3.63, 3.8) is 0 Å². The Morgan fingerprint density at radius 3 is 1.52 bits per heavy atom. The van der Waals surface area contributed by atoms with Crippen LogP contribution < -0.4 is 0 Å². The maximum atomic E-state index is 9.75. The van der Waals surface area contributed by atoms with E-state index in [2.05, 4.69) is 115 Å². The smallest absolute Gasteiger partial charge is 0.418 e. The molecule has 1 aliphatic heterocycles. The number of fused-ring (bicyclic) bond motifs is 3. The molecule has 0 nitrogen and oxygen atoms in total. The maximum absolute atomic E-state index is 9.75. The Balaban J connectivity index is 0.000000471. The molecule has 1 atom stereocenters. The molecule has 6 heteroatoms. The lowest BCUT2D eigenvalue weighted by Crippen LogP contribution is -2.05. The maximum Gasteiger partial charge on any atom is 0.673 e. The summed E-state index contributed by atoms with van der Waals surface area (Å²) in [5.74, 6) is 0. The van der Waals surface area contributed by atoms with Gasteiger partial charge in [0, 0.05) is 16.7 Å². The Bertz CT molecular complexity index is 1260. The van der Waals surface area contributed by atoms with E-state index < -0.39 is 7.25 Å². The molecule has 0 radical (unpaired) electrons. The molecule has 166 valence electrons. The summed E-state index contributed by atoms with van der Waals surface area (Å²) in [5, 5.41) is 0. The lowest BCUT2D eigenvalue weighted by molar-refractivity contribution is 0.368. The van der Waals surface area contributed by atoms with Gasteiger partial charge in [0.1, 0.15) is 6.26 Å². The Labute approximate surface area is 194 Å². The quantitative estimate of drug-likeness (QED) is 0.159. The minimum atomic E-state index is -6.00. The molecule has 0 aromatic heterocycles. The van der Waals surface area contributed by atoms with Crippen LogP contribution in [0.5, 0.6) is 0 Å². The molecule has 1 unspecified atom stereocenters. The fourth-order valence-corrected chi connectivity index (χ4v) is 6.11. The second-order valence-electron chi connectivity index (χ2n) is 7.48. The zero-order valence-corrected chi connectivity index (χ0v) is 18.7. The van der Waals surface area contributed by atoms with E-state index in [1.807, 2.05) is 0 Å². The van der Waals surface area contributed by atoms with Gasteiger partial charge in [0.25, 0.3) is 0 Å². The van der Waals surface area contributed by atoms with Crippen molar-refractivity contribution in [3.8, 4) is 11.1 Å². The summed E-state index contributed by atoms with van der Waals surface area (Å²) in [7, 11) is -6.05. The van der Waals surface area contributed by atoms with Gasteiger partial charge in [-0.15, -0.1) is 0 Å². The Hall–Kier alpha value is -3.25. The van der Waals surface area contributed by atoms with Gasteiger partial charge in [0.2, 0.25) is 0 Å². The number of hydrogen-bond acceptors (Lipinski definition) is 0. The highest BCUT2D eigenvalue weighted by Gasteiger charge is 2.35. The Kier molecular flexibility index (Phi) is 6.75. The van der Waals surface area contributed by atoms with Crippen LogP contribution >= 0.6 is 0 Å². The second kappa shape index (κ2) is 9.71. The highest BCUT2D eigenvalue weighted by molar-refractivity contribution is 8.05. The normalized spacial score (nSPS) is 15.0. The third-order valence-corrected chi connectivity index (χ3v) is 7.40. The second-order valence-corrected chi connectivity index (χ2v) is 9.35. The van der Waals surface area contributed by atoms with E-state index >= 15 is 0 Å². The molecule has 0 N–H and O–H groups in total. The van der Waals surface area contributed by atoms with E-state index in [1.165, 1.54) is 43.2 Å². The first kappa shape index (κ1) is 22.9. The van der Waals surface area contributed by atoms with Gasteiger partial charge in [-0.3, -0.25) is 0 Å². The summed E-state index contributed by atoms with van der Waals surface area (Å²) in [6, 6.07) is 39.5. The number of benzene rings is 4. The molecule has 0 saturated carbocycles. The van der Waals surface area contributed by atoms with E-state index in [0.29, 0.717) is 0 Å². The van der Waals surface area contributed by atoms with Crippen LogP contribution in [0.15, 0.2) is 114 Å². The Morgan fingerprint density at radius 2 is 0.939 bits per heavy atom. The summed E-state index contributed by atoms with van der Waals surface area (Å²) in [6.45, 7) is 0. The van der Waals surface area contributed by atoms with Crippen LogP contribution in [0.4, 0.5) is 17.3 Å². The monoisotopic (exact) mass is 464 g/mol. The van der Waals surface area contributed by atoms with E-state index in [4.69, 9.17) is 0 Å². The summed E-state index contributed by atoms with van der Waals surface area (Å²) in [6.07, 6.45) is 2.37. The van der Waals surface area contributed by atoms with Crippen LogP contribution in [0.2, 0.25) is 0 Å². The first-order chi connectivity index (χ1) is 15.8. The van der Waals surface area contributed by atoms with Gasteiger partial charge in [0.15, 0.2) is 9.80 Å². The Morgan fingerprint density at radius 1 is 0.515 bits per heavy atom. The molecular formula is C27H21BF4S. The van der Waals surface area contributed by atoms with Gasteiger partial charge in [-0.1, -0.05) is 84.9 Å². The number of hydrogen-bond donors (Lipinski definition) is 0.